The zero-order valence-corrected chi connectivity index (χ0v) is 10.8. The fourth-order valence-corrected chi connectivity index (χ4v) is 2.52. The molecule has 0 aliphatic carbocycles. The van der Waals surface area contributed by atoms with Crippen molar-refractivity contribution in [2.45, 2.75) is 0 Å². The largest absolute Gasteiger partial charge is 0.345 e. The van der Waals surface area contributed by atoms with E-state index in [9.17, 15) is 4.79 Å². The van der Waals surface area contributed by atoms with Gasteiger partial charge in [0.15, 0.2) is 0 Å². The maximum Gasteiger partial charge on any atom is 0.0931 e. The average Bonchev–Trinajstić information content (AvgIpc) is 2.79. The van der Waals surface area contributed by atoms with Crippen LogP contribution in [0.1, 0.15) is 0 Å². The van der Waals surface area contributed by atoms with Crippen LogP contribution >= 0.6 is 0 Å². The molecule has 0 saturated carbocycles. The third kappa shape index (κ3) is 3.06. The van der Waals surface area contributed by atoms with Crippen LogP contribution in [0.25, 0.3) is 11.0 Å². The standard InChI is InChI=1S/C7H6N2.C5H4OTe/c1-2-4-7-6(3-1)8-5-9-7;6-5-3-1-2-4-7-5/h1-5H,(H,8,9);1-4H. The number of para-hydroxylation sites is 2. The Bertz CT molecular complexity index is 567. The molecule has 1 N–H and O–H groups in total. The number of hydrogen-bond donors (Lipinski definition) is 1. The van der Waals surface area contributed by atoms with Crippen LogP contribution in [0, 0.1) is 0 Å². The number of rotatable bonds is 0. The van der Waals surface area contributed by atoms with E-state index >= 15 is 0 Å². The van der Waals surface area contributed by atoms with Gasteiger partial charge in [0.2, 0.25) is 0 Å². The van der Waals surface area contributed by atoms with Crippen molar-refractivity contribution in [2.24, 2.45) is 0 Å². The SMILES string of the molecule is O=c1cccc[te]1.c1ccc2[nH]cnc2c1. The summed E-state index contributed by atoms with van der Waals surface area (Å²) in [6.45, 7) is 0. The summed E-state index contributed by atoms with van der Waals surface area (Å²) < 4.78 is 2.31. The van der Waals surface area contributed by atoms with E-state index in [0.717, 1.165) is 11.0 Å². The van der Waals surface area contributed by atoms with Crippen molar-refractivity contribution in [3.63, 3.8) is 0 Å². The summed E-state index contributed by atoms with van der Waals surface area (Å²) in [6, 6.07) is 13.3. The van der Waals surface area contributed by atoms with Crippen LogP contribution in [0.2, 0.25) is 0 Å². The molecule has 1 aromatic carbocycles. The zero-order chi connectivity index (χ0) is 11.2. The number of hydrogen-bond acceptors (Lipinski definition) is 2. The predicted octanol–water partition coefficient (Wildman–Crippen LogP) is 1.67. The van der Waals surface area contributed by atoms with Crippen molar-refractivity contribution in [3.05, 3.63) is 61.1 Å². The number of nitrogens with zero attached hydrogens (tertiary/aromatic N) is 1. The van der Waals surface area contributed by atoms with Crippen LogP contribution in [-0.2, 0) is 0 Å². The molecule has 0 atom stereocenters. The second-order valence-electron chi connectivity index (χ2n) is 3.04. The fraction of sp³-hybridized carbons (Fsp3) is 0. The molecule has 0 spiro atoms. The molecule has 0 unspecified atom stereocenters. The fourth-order valence-electron chi connectivity index (χ4n) is 1.20. The van der Waals surface area contributed by atoms with E-state index < -0.39 is 20.4 Å². The number of imidazole rings is 1. The molecule has 4 heteroatoms. The minimum atomic E-state index is -0.406. The number of aromatic nitrogens is 2. The molecule has 2 aromatic heterocycles. The van der Waals surface area contributed by atoms with E-state index in [1.165, 1.54) is 0 Å². The van der Waals surface area contributed by atoms with Crippen LogP contribution in [0.5, 0.6) is 0 Å². The molecule has 80 valence electrons. The molecule has 0 fully saturated rings. The minimum absolute atomic E-state index is 0.327. The first-order valence-electron chi connectivity index (χ1n) is 4.78. The van der Waals surface area contributed by atoms with Gasteiger partial charge in [-0.1, -0.05) is 12.1 Å². The van der Waals surface area contributed by atoms with Gasteiger partial charge in [0.05, 0.1) is 17.4 Å². The maximum atomic E-state index is 10.4. The first-order chi connectivity index (χ1) is 7.86. The van der Waals surface area contributed by atoms with Crippen molar-refractivity contribution < 1.29 is 0 Å². The normalized spacial score (nSPS) is 9.50. The number of aromatic amines is 1. The average molecular weight is 326 g/mol. The van der Waals surface area contributed by atoms with E-state index in [2.05, 4.69) is 9.97 Å². The number of H-pyrrole nitrogens is 1. The Kier molecular flexibility index (Phi) is 3.92. The van der Waals surface area contributed by atoms with Crippen molar-refractivity contribution in [3.8, 4) is 0 Å². The molecule has 0 radical (unpaired) electrons. The van der Waals surface area contributed by atoms with Crippen LogP contribution < -0.4 is 3.44 Å². The summed E-state index contributed by atoms with van der Waals surface area (Å²) in [4.78, 5) is 17.5. The Morgan fingerprint density at radius 1 is 1.06 bits per heavy atom. The van der Waals surface area contributed by atoms with E-state index in [0.29, 0.717) is 3.44 Å². The van der Waals surface area contributed by atoms with E-state index in [4.69, 9.17) is 0 Å². The van der Waals surface area contributed by atoms with Crippen molar-refractivity contribution >= 4 is 31.5 Å². The van der Waals surface area contributed by atoms with Crippen molar-refractivity contribution in [1.29, 1.82) is 0 Å². The topological polar surface area (TPSA) is 45.8 Å². The molecule has 3 nitrogen and oxygen atoms in total. The Labute approximate surface area is 102 Å². The van der Waals surface area contributed by atoms with Gasteiger partial charge in [-0.25, -0.2) is 4.98 Å². The Morgan fingerprint density at radius 3 is 2.50 bits per heavy atom. The molecule has 2 heterocycles. The summed E-state index contributed by atoms with van der Waals surface area (Å²) in [5.41, 5.74) is 2.12. The first-order valence-corrected chi connectivity index (χ1v) is 7.29. The zero-order valence-electron chi connectivity index (χ0n) is 8.46. The summed E-state index contributed by atoms with van der Waals surface area (Å²) in [6.07, 6.45) is 1.70. The van der Waals surface area contributed by atoms with E-state index in [1.807, 2.05) is 34.4 Å². The van der Waals surface area contributed by atoms with Gasteiger partial charge in [-0.3, -0.25) is 0 Å². The Balaban J connectivity index is 0.000000125. The molecule has 0 aliphatic heterocycles. The molecule has 16 heavy (non-hydrogen) atoms. The van der Waals surface area contributed by atoms with Crippen molar-refractivity contribution in [1.82, 2.24) is 9.97 Å². The maximum absolute atomic E-state index is 10.4. The van der Waals surface area contributed by atoms with Gasteiger partial charge in [-0.2, -0.15) is 0 Å². The third-order valence-electron chi connectivity index (χ3n) is 1.93. The second kappa shape index (κ2) is 5.64. The molecule has 3 rings (SSSR count). The second-order valence-corrected chi connectivity index (χ2v) is 5.64. The quantitative estimate of drug-likeness (QED) is 0.639. The number of fused-ring (bicyclic) bond motifs is 1. The molecule has 3 aromatic rings. The number of benzene rings is 1. The smallest absolute Gasteiger partial charge is 0.0931 e. The Morgan fingerprint density at radius 2 is 1.88 bits per heavy atom. The molecule has 0 aliphatic rings. The van der Waals surface area contributed by atoms with Gasteiger partial charge in [0, 0.05) is 0 Å². The molecule has 0 bridgehead atoms. The molecular formula is C12H10N2OTe. The molecule has 0 amide bonds. The van der Waals surface area contributed by atoms with E-state index in [1.54, 1.807) is 18.5 Å². The third-order valence-corrected chi connectivity index (χ3v) is 3.82. The predicted molar refractivity (Wildman–Crippen MR) is 65.7 cm³/mol. The first kappa shape index (κ1) is 11.1. The van der Waals surface area contributed by atoms with Gasteiger partial charge in [-0.15, -0.1) is 0 Å². The summed E-state index contributed by atoms with van der Waals surface area (Å²) in [5.74, 6) is 0. The van der Waals surface area contributed by atoms with Gasteiger partial charge in [0.25, 0.3) is 0 Å². The molecular weight excluding hydrogens is 316 g/mol. The van der Waals surface area contributed by atoms with E-state index in [-0.39, 0.29) is 0 Å². The number of nitrogens with one attached hydrogen (secondary N) is 1. The summed E-state index contributed by atoms with van der Waals surface area (Å²) in [7, 11) is 0. The van der Waals surface area contributed by atoms with Crippen LogP contribution in [0.15, 0.2) is 57.7 Å². The van der Waals surface area contributed by atoms with Crippen LogP contribution in [-0.4, -0.2) is 30.4 Å². The van der Waals surface area contributed by atoms with Crippen LogP contribution in [0.4, 0.5) is 0 Å². The minimum Gasteiger partial charge on any atom is -0.345 e. The van der Waals surface area contributed by atoms with Gasteiger partial charge in [-0.05, 0) is 12.1 Å². The summed E-state index contributed by atoms with van der Waals surface area (Å²) >= 11 is -0.406. The molecule has 0 saturated heterocycles. The van der Waals surface area contributed by atoms with Crippen molar-refractivity contribution in [2.75, 3.05) is 0 Å². The van der Waals surface area contributed by atoms with Gasteiger partial charge in [0.1, 0.15) is 0 Å². The summed E-state index contributed by atoms with van der Waals surface area (Å²) in [5, 5.41) is 0. The van der Waals surface area contributed by atoms with Crippen LogP contribution in [0.3, 0.4) is 0 Å². The Hall–Kier alpha value is -1.37. The van der Waals surface area contributed by atoms with Gasteiger partial charge < -0.3 is 4.98 Å². The monoisotopic (exact) mass is 328 g/mol. The van der Waals surface area contributed by atoms with Gasteiger partial charge >= 0.3 is 51.0 Å².